The van der Waals surface area contributed by atoms with Crippen LogP contribution in [0.1, 0.15) is 37.5 Å². The quantitative estimate of drug-likeness (QED) is 0.663. The van der Waals surface area contributed by atoms with Crippen LogP contribution in [-0.4, -0.2) is 0 Å². The summed E-state index contributed by atoms with van der Waals surface area (Å²) >= 11 is 6.19. The lowest BCUT2D eigenvalue weighted by Gasteiger charge is -2.13. The van der Waals surface area contributed by atoms with E-state index in [1.54, 1.807) is 0 Å². The van der Waals surface area contributed by atoms with Crippen molar-refractivity contribution in [2.45, 2.75) is 31.7 Å². The van der Waals surface area contributed by atoms with E-state index in [1.165, 1.54) is 25.7 Å². The van der Waals surface area contributed by atoms with Crippen LogP contribution in [0, 0.1) is 17.8 Å². The van der Waals surface area contributed by atoms with Gasteiger partial charge in [-0.3, -0.25) is 5.84 Å². The molecule has 4 rings (SSSR count). The summed E-state index contributed by atoms with van der Waals surface area (Å²) in [6.07, 6.45) is 5.41. The molecule has 1 heterocycles. The molecular formula is C16H19ClN2O. The molecule has 2 saturated carbocycles. The summed E-state index contributed by atoms with van der Waals surface area (Å²) in [7, 11) is 0. The highest BCUT2D eigenvalue weighted by molar-refractivity contribution is 6.34. The summed E-state index contributed by atoms with van der Waals surface area (Å²) in [5.74, 6) is 9.02. The maximum absolute atomic E-state index is 6.19. The van der Waals surface area contributed by atoms with Crippen molar-refractivity contribution in [2.24, 2.45) is 23.6 Å². The number of hydrogen-bond acceptors (Lipinski definition) is 3. The van der Waals surface area contributed by atoms with Crippen LogP contribution in [0.3, 0.4) is 0 Å². The van der Waals surface area contributed by atoms with Gasteiger partial charge in [-0.25, -0.2) is 5.43 Å². The van der Waals surface area contributed by atoms with Crippen molar-refractivity contribution >= 4 is 22.6 Å². The van der Waals surface area contributed by atoms with Crippen molar-refractivity contribution in [3.8, 4) is 0 Å². The molecule has 0 amide bonds. The number of hydrazine groups is 1. The van der Waals surface area contributed by atoms with Crippen molar-refractivity contribution in [1.82, 2.24) is 5.43 Å². The van der Waals surface area contributed by atoms with Crippen LogP contribution in [0.15, 0.2) is 28.7 Å². The molecule has 0 spiro atoms. The molecule has 0 bridgehead atoms. The average molecular weight is 291 g/mol. The van der Waals surface area contributed by atoms with Gasteiger partial charge in [0.2, 0.25) is 0 Å². The van der Waals surface area contributed by atoms with Crippen LogP contribution in [0.4, 0.5) is 0 Å². The molecule has 0 radical (unpaired) electrons. The van der Waals surface area contributed by atoms with E-state index in [9.17, 15) is 0 Å². The van der Waals surface area contributed by atoms with E-state index in [1.807, 2.05) is 18.2 Å². The minimum absolute atomic E-state index is 0.117. The van der Waals surface area contributed by atoms with E-state index in [4.69, 9.17) is 21.9 Å². The molecule has 3 atom stereocenters. The first-order valence-electron chi connectivity index (χ1n) is 7.43. The van der Waals surface area contributed by atoms with Crippen LogP contribution < -0.4 is 11.3 Å². The van der Waals surface area contributed by atoms with Gasteiger partial charge < -0.3 is 4.42 Å². The number of halogens is 1. The molecule has 2 aliphatic carbocycles. The van der Waals surface area contributed by atoms with Gasteiger partial charge in [0, 0.05) is 5.39 Å². The van der Waals surface area contributed by atoms with Gasteiger partial charge in [0.05, 0.1) is 11.1 Å². The van der Waals surface area contributed by atoms with E-state index >= 15 is 0 Å². The fourth-order valence-corrected chi connectivity index (χ4v) is 4.35. The highest BCUT2D eigenvalue weighted by atomic mass is 35.5. The monoisotopic (exact) mass is 290 g/mol. The van der Waals surface area contributed by atoms with Crippen molar-refractivity contribution in [1.29, 1.82) is 0 Å². The van der Waals surface area contributed by atoms with Crippen molar-refractivity contribution in [3.63, 3.8) is 0 Å². The second-order valence-electron chi connectivity index (χ2n) is 6.14. The zero-order valence-electron chi connectivity index (χ0n) is 11.3. The third-order valence-corrected chi connectivity index (χ3v) is 5.41. The Balaban J connectivity index is 1.68. The lowest BCUT2D eigenvalue weighted by molar-refractivity contribution is 0.380. The Morgan fingerprint density at radius 3 is 2.65 bits per heavy atom. The fourth-order valence-electron chi connectivity index (χ4n) is 4.13. The summed E-state index contributed by atoms with van der Waals surface area (Å²) in [6, 6.07) is 8.04. The molecule has 3 unspecified atom stereocenters. The molecule has 3 N–H and O–H groups in total. The molecule has 1 aromatic heterocycles. The Hall–Kier alpha value is -1.03. The molecule has 106 valence electrons. The Labute approximate surface area is 123 Å². The van der Waals surface area contributed by atoms with Crippen LogP contribution in [0.25, 0.3) is 11.0 Å². The third-order valence-electron chi connectivity index (χ3n) is 5.11. The van der Waals surface area contributed by atoms with Crippen LogP contribution in [0.2, 0.25) is 5.02 Å². The lowest BCUT2D eigenvalue weighted by Crippen LogP contribution is -2.30. The number of nitrogens with one attached hydrogen (secondary N) is 1. The minimum Gasteiger partial charge on any atom is -0.458 e. The molecule has 0 saturated heterocycles. The van der Waals surface area contributed by atoms with Gasteiger partial charge in [0.15, 0.2) is 5.58 Å². The van der Waals surface area contributed by atoms with Crippen LogP contribution in [0.5, 0.6) is 0 Å². The smallest absolute Gasteiger partial charge is 0.152 e. The highest BCUT2D eigenvalue weighted by Crippen LogP contribution is 2.60. The molecule has 4 heteroatoms. The molecule has 0 aliphatic heterocycles. The lowest BCUT2D eigenvalue weighted by atomic mass is 10.0. The van der Waals surface area contributed by atoms with Crippen molar-refractivity contribution < 1.29 is 4.42 Å². The van der Waals surface area contributed by atoms with Gasteiger partial charge in [-0.05, 0) is 42.7 Å². The summed E-state index contributed by atoms with van der Waals surface area (Å²) < 4.78 is 5.98. The second kappa shape index (κ2) is 4.76. The summed E-state index contributed by atoms with van der Waals surface area (Å²) in [5, 5.41) is 1.72. The molecule has 2 aromatic rings. The number of para-hydroxylation sites is 1. The maximum atomic E-state index is 6.19. The fraction of sp³-hybridized carbons (Fsp3) is 0.500. The Morgan fingerprint density at radius 1 is 1.25 bits per heavy atom. The summed E-state index contributed by atoms with van der Waals surface area (Å²) in [5.41, 5.74) is 3.75. The topological polar surface area (TPSA) is 51.2 Å². The SMILES string of the molecule is NNC(c1cc2cccc(Cl)c2o1)C1C2CCCCC21. The molecule has 20 heavy (non-hydrogen) atoms. The first-order chi connectivity index (χ1) is 9.79. The Kier molecular flexibility index (Phi) is 3.02. The largest absolute Gasteiger partial charge is 0.458 e. The zero-order valence-corrected chi connectivity index (χ0v) is 12.1. The molecule has 1 aromatic carbocycles. The molecule has 2 fully saturated rings. The third kappa shape index (κ3) is 1.88. The van der Waals surface area contributed by atoms with Gasteiger partial charge in [-0.15, -0.1) is 0 Å². The van der Waals surface area contributed by atoms with E-state index in [0.717, 1.165) is 28.6 Å². The molecule has 3 nitrogen and oxygen atoms in total. The van der Waals surface area contributed by atoms with Gasteiger partial charge in [0.1, 0.15) is 5.76 Å². The summed E-state index contributed by atoms with van der Waals surface area (Å²) in [4.78, 5) is 0. The normalized spacial score (nSPS) is 30.2. The number of furan rings is 1. The second-order valence-corrected chi connectivity index (χ2v) is 6.55. The van der Waals surface area contributed by atoms with E-state index in [-0.39, 0.29) is 6.04 Å². The van der Waals surface area contributed by atoms with E-state index in [0.29, 0.717) is 10.9 Å². The average Bonchev–Trinajstić information content (AvgIpc) is 3.00. The van der Waals surface area contributed by atoms with Crippen LogP contribution >= 0.6 is 11.6 Å². The molecule has 2 aliphatic rings. The van der Waals surface area contributed by atoms with E-state index < -0.39 is 0 Å². The number of fused-ring (bicyclic) bond motifs is 2. The first kappa shape index (κ1) is 12.7. The maximum Gasteiger partial charge on any atom is 0.152 e. The van der Waals surface area contributed by atoms with Gasteiger partial charge in [-0.1, -0.05) is 36.6 Å². The number of hydrogen-bond donors (Lipinski definition) is 2. The van der Waals surface area contributed by atoms with Gasteiger partial charge in [-0.2, -0.15) is 0 Å². The Morgan fingerprint density at radius 2 is 2.00 bits per heavy atom. The molecular weight excluding hydrogens is 272 g/mol. The standard InChI is InChI=1S/C16H19ClN2O/c17-12-7-3-4-9-8-13(20-16(9)12)15(19-18)14-10-5-1-2-6-11(10)14/h3-4,7-8,10-11,14-15,19H,1-2,5-6,18H2. The zero-order chi connectivity index (χ0) is 13.7. The predicted molar refractivity (Wildman–Crippen MR) is 80.2 cm³/mol. The van der Waals surface area contributed by atoms with Gasteiger partial charge >= 0.3 is 0 Å². The van der Waals surface area contributed by atoms with Crippen molar-refractivity contribution in [3.05, 3.63) is 35.0 Å². The number of nitrogens with two attached hydrogens (primary N) is 1. The van der Waals surface area contributed by atoms with Gasteiger partial charge in [0.25, 0.3) is 0 Å². The minimum atomic E-state index is 0.117. The number of benzene rings is 1. The van der Waals surface area contributed by atoms with E-state index in [2.05, 4.69) is 11.5 Å². The van der Waals surface area contributed by atoms with Crippen molar-refractivity contribution in [2.75, 3.05) is 0 Å². The highest BCUT2D eigenvalue weighted by Gasteiger charge is 2.55. The Bertz CT molecular complexity index is 626. The predicted octanol–water partition coefficient (Wildman–Crippen LogP) is 4.03. The summed E-state index contributed by atoms with van der Waals surface area (Å²) in [6.45, 7) is 0. The van der Waals surface area contributed by atoms with Crippen LogP contribution in [-0.2, 0) is 0 Å². The number of rotatable bonds is 3. The first-order valence-corrected chi connectivity index (χ1v) is 7.81.